The first-order chi connectivity index (χ1) is 11.7. The van der Waals surface area contributed by atoms with Gasteiger partial charge >= 0.3 is 0 Å². The average molecular weight is 348 g/mol. The lowest BCUT2D eigenvalue weighted by Crippen LogP contribution is -2.38. The van der Waals surface area contributed by atoms with Crippen molar-refractivity contribution in [3.05, 3.63) is 46.0 Å². The fourth-order valence-corrected chi connectivity index (χ4v) is 2.71. The van der Waals surface area contributed by atoms with E-state index in [1.54, 1.807) is 17.4 Å². The number of furan rings is 1. The molecular formula is C17H24N4O2S. The number of guanidine groups is 1. The van der Waals surface area contributed by atoms with Crippen molar-refractivity contribution >= 4 is 23.2 Å². The molecule has 6 nitrogen and oxygen atoms in total. The molecule has 2 aromatic rings. The molecule has 0 bridgehead atoms. The summed E-state index contributed by atoms with van der Waals surface area (Å²) in [6.45, 7) is 6.68. The highest BCUT2D eigenvalue weighted by Gasteiger charge is 2.11. The molecule has 1 amide bonds. The summed E-state index contributed by atoms with van der Waals surface area (Å²) < 4.78 is 5.16. The minimum Gasteiger partial charge on any atom is -0.459 e. The Morgan fingerprint density at radius 3 is 2.75 bits per heavy atom. The van der Waals surface area contributed by atoms with Gasteiger partial charge in [-0.3, -0.25) is 4.79 Å². The number of hydrogen-bond acceptors (Lipinski definition) is 4. The normalized spacial score (nSPS) is 11.3. The van der Waals surface area contributed by atoms with E-state index in [0.717, 1.165) is 31.0 Å². The Balaban J connectivity index is 1.68. The van der Waals surface area contributed by atoms with Crippen molar-refractivity contribution in [2.45, 2.75) is 26.8 Å². The number of rotatable bonds is 8. The molecule has 0 aliphatic rings. The first-order valence-corrected chi connectivity index (χ1v) is 8.95. The maximum absolute atomic E-state index is 11.9. The number of hydrogen-bond donors (Lipinski definition) is 3. The van der Waals surface area contributed by atoms with Crippen LogP contribution in [0.25, 0.3) is 0 Å². The van der Waals surface area contributed by atoms with Gasteiger partial charge in [0.1, 0.15) is 0 Å². The Kier molecular flexibility index (Phi) is 7.35. The third-order valence-electron chi connectivity index (χ3n) is 3.32. The summed E-state index contributed by atoms with van der Waals surface area (Å²) in [5.41, 5.74) is 0.848. The van der Waals surface area contributed by atoms with Gasteiger partial charge in [0.15, 0.2) is 11.7 Å². The SMILES string of the molecule is CCNC(=NCc1cccs1)NCCCNC(=O)c1occc1C. The second-order valence-corrected chi connectivity index (χ2v) is 6.28. The summed E-state index contributed by atoms with van der Waals surface area (Å²) >= 11 is 1.70. The lowest BCUT2D eigenvalue weighted by Gasteiger charge is -2.11. The van der Waals surface area contributed by atoms with Gasteiger partial charge in [-0.05, 0) is 37.8 Å². The second-order valence-electron chi connectivity index (χ2n) is 5.24. The summed E-state index contributed by atoms with van der Waals surface area (Å²) in [6, 6.07) is 5.88. The van der Waals surface area contributed by atoms with E-state index in [0.29, 0.717) is 18.8 Å². The molecule has 0 saturated heterocycles. The van der Waals surface area contributed by atoms with E-state index in [1.807, 2.05) is 19.9 Å². The van der Waals surface area contributed by atoms with Gasteiger partial charge in [-0.1, -0.05) is 6.07 Å². The van der Waals surface area contributed by atoms with E-state index in [9.17, 15) is 4.79 Å². The standard InChI is InChI=1S/C17H24N4O2S/c1-3-18-17(21-12-14-6-4-11-24-14)20-9-5-8-19-16(22)15-13(2)7-10-23-15/h4,6-7,10-11H,3,5,8-9,12H2,1-2H3,(H,19,22)(H2,18,20,21). The first kappa shape index (κ1) is 18.1. The second kappa shape index (κ2) is 9.77. The number of aryl methyl sites for hydroxylation is 1. The minimum atomic E-state index is -0.171. The van der Waals surface area contributed by atoms with Crippen LogP contribution >= 0.6 is 11.3 Å². The van der Waals surface area contributed by atoms with E-state index >= 15 is 0 Å². The summed E-state index contributed by atoms with van der Waals surface area (Å²) in [4.78, 5) is 17.7. The third-order valence-corrected chi connectivity index (χ3v) is 4.18. The number of thiophene rings is 1. The maximum atomic E-state index is 11.9. The monoisotopic (exact) mass is 348 g/mol. The molecule has 0 fully saturated rings. The Labute approximate surface area is 146 Å². The van der Waals surface area contributed by atoms with Crippen molar-refractivity contribution < 1.29 is 9.21 Å². The fraction of sp³-hybridized carbons (Fsp3) is 0.412. The van der Waals surface area contributed by atoms with E-state index < -0.39 is 0 Å². The van der Waals surface area contributed by atoms with E-state index in [-0.39, 0.29) is 5.91 Å². The minimum absolute atomic E-state index is 0.171. The van der Waals surface area contributed by atoms with Gasteiger partial charge in [-0.15, -0.1) is 11.3 Å². The Morgan fingerprint density at radius 2 is 2.08 bits per heavy atom. The molecule has 24 heavy (non-hydrogen) atoms. The van der Waals surface area contributed by atoms with Gasteiger partial charge < -0.3 is 20.4 Å². The topological polar surface area (TPSA) is 78.7 Å². The highest BCUT2D eigenvalue weighted by atomic mass is 32.1. The first-order valence-electron chi connectivity index (χ1n) is 8.07. The Morgan fingerprint density at radius 1 is 1.25 bits per heavy atom. The van der Waals surface area contributed by atoms with Crippen LogP contribution in [0.15, 0.2) is 39.3 Å². The maximum Gasteiger partial charge on any atom is 0.287 e. The van der Waals surface area contributed by atoms with Crippen molar-refractivity contribution in [1.29, 1.82) is 0 Å². The van der Waals surface area contributed by atoms with Gasteiger partial charge in [0.2, 0.25) is 0 Å². The molecule has 0 unspecified atom stereocenters. The van der Waals surface area contributed by atoms with Crippen LogP contribution in [0.5, 0.6) is 0 Å². The predicted octanol–water partition coefficient (Wildman–Crippen LogP) is 2.52. The molecule has 0 spiro atoms. The van der Waals surface area contributed by atoms with Crippen molar-refractivity contribution in [2.75, 3.05) is 19.6 Å². The van der Waals surface area contributed by atoms with Crippen LogP contribution in [0, 0.1) is 6.92 Å². The van der Waals surface area contributed by atoms with Gasteiger partial charge in [0, 0.05) is 30.1 Å². The smallest absolute Gasteiger partial charge is 0.287 e. The molecule has 0 aliphatic heterocycles. The van der Waals surface area contributed by atoms with Crippen LogP contribution in [0.2, 0.25) is 0 Å². The van der Waals surface area contributed by atoms with Crippen molar-refractivity contribution in [2.24, 2.45) is 4.99 Å². The molecule has 130 valence electrons. The van der Waals surface area contributed by atoms with Gasteiger partial charge in [0.05, 0.1) is 12.8 Å². The molecule has 0 saturated carbocycles. The highest BCUT2D eigenvalue weighted by molar-refractivity contribution is 7.09. The molecule has 0 atom stereocenters. The van der Waals surface area contributed by atoms with Crippen molar-refractivity contribution in [3.8, 4) is 0 Å². The molecule has 7 heteroatoms. The summed E-state index contributed by atoms with van der Waals surface area (Å²) in [5.74, 6) is 1.00. The van der Waals surface area contributed by atoms with Crippen LogP contribution < -0.4 is 16.0 Å². The molecule has 2 rings (SSSR count). The third kappa shape index (κ3) is 5.73. The molecule has 3 N–H and O–H groups in total. The van der Waals surface area contributed by atoms with Crippen LogP contribution in [-0.4, -0.2) is 31.5 Å². The highest BCUT2D eigenvalue weighted by Crippen LogP contribution is 2.09. The molecule has 0 aromatic carbocycles. The number of carbonyl (C=O) groups excluding carboxylic acids is 1. The zero-order chi connectivity index (χ0) is 17.2. The summed E-state index contributed by atoms with van der Waals surface area (Å²) in [5, 5.41) is 11.4. The molecule has 0 radical (unpaired) electrons. The van der Waals surface area contributed by atoms with Gasteiger partial charge in [0.25, 0.3) is 5.91 Å². The Hall–Kier alpha value is -2.28. The zero-order valence-corrected chi connectivity index (χ0v) is 14.9. The van der Waals surface area contributed by atoms with Crippen molar-refractivity contribution in [3.63, 3.8) is 0 Å². The number of nitrogens with zero attached hydrogens (tertiary/aromatic N) is 1. The lowest BCUT2D eigenvalue weighted by molar-refractivity contribution is 0.0925. The quantitative estimate of drug-likeness (QED) is 0.389. The fourth-order valence-electron chi connectivity index (χ4n) is 2.08. The zero-order valence-electron chi connectivity index (χ0n) is 14.1. The van der Waals surface area contributed by atoms with E-state index in [2.05, 4.69) is 32.4 Å². The molecule has 2 aromatic heterocycles. The van der Waals surface area contributed by atoms with Crippen LogP contribution in [-0.2, 0) is 6.54 Å². The van der Waals surface area contributed by atoms with Gasteiger partial charge in [-0.2, -0.15) is 0 Å². The predicted molar refractivity (Wildman–Crippen MR) is 97.5 cm³/mol. The average Bonchev–Trinajstić information content (AvgIpc) is 3.23. The molecular weight excluding hydrogens is 324 g/mol. The number of amides is 1. The largest absolute Gasteiger partial charge is 0.459 e. The number of carbonyl (C=O) groups is 1. The summed E-state index contributed by atoms with van der Waals surface area (Å²) in [7, 11) is 0. The lowest BCUT2D eigenvalue weighted by atomic mass is 10.2. The number of nitrogens with one attached hydrogen (secondary N) is 3. The Bertz CT molecular complexity index is 649. The van der Waals surface area contributed by atoms with Crippen LogP contribution in [0.4, 0.5) is 0 Å². The summed E-state index contributed by atoms with van der Waals surface area (Å²) in [6.07, 6.45) is 2.33. The van der Waals surface area contributed by atoms with Crippen LogP contribution in [0.3, 0.4) is 0 Å². The molecule has 2 heterocycles. The van der Waals surface area contributed by atoms with Gasteiger partial charge in [-0.25, -0.2) is 4.99 Å². The number of aliphatic imine (C=N–C) groups is 1. The molecule has 0 aliphatic carbocycles. The van der Waals surface area contributed by atoms with Crippen molar-refractivity contribution in [1.82, 2.24) is 16.0 Å². The van der Waals surface area contributed by atoms with Crippen LogP contribution in [0.1, 0.15) is 34.3 Å². The van der Waals surface area contributed by atoms with E-state index in [1.165, 1.54) is 11.1 Å². The van der Waals surface area contributed by atoms with E-state index in [4.69, 9.17) is 4.42 Å².